The number of aliphatic hydroxyl groups is 1. The minimum Gasteiger partial charge on any atom is -0.396 e. The van der Waals surface area contributed by atoms with Crippen molar-refractivity contribution in [3.63, 3.8) is 0 Å². The molecule has 6 atom stereocenters. The molecule has 148 valence electrons. The van der Waals surface area contributed by atoms with Gasteiger partial charge in [-0.25, -0.2) is 0 Å². The van der Waals surface area contributed by atoms with Gasteiger partial charge in [0, 0.05) is 11.8 Å². The molecule has 0 aromatic rings. The van der Waals surface area contributed by atoms with E-state index >= 15 is 0 Å². The van der Waals surface area contributed by atoms with Gasteiger partial charge < -0.3 is 15.7 Å². The topological polar surface area (TPSA) is 67.8 Å². The summed E-state index contributed by atoms with van der Waals surface area (Å²) in [5.74, 6) is 2.43. The summed E-state index contributed by atoms with van der Waals surface area (Å²) < 4.78 is 0. The summed E-state index contributed by atoms with van der Waals surface area (Å²) >= 11 is 0. The second-order valence-electron chi connectivity index (χ2n) is 10.3. The standard InChI is InChI=1S/C22H38N2O2/c1-20-9-3-5-18(20)17-7-12-22(25)15-16(24-26-14-4-13-23)6-11-21(22,2)19(17)8-10-20/h17-19,25H,3-15,23H2,1-2H3/t17-,18-,19-,20-,21+,22+/m0/s1. The maximum absolute atomic E-state index is 11.7. The van der Waals surface area contributed by atoms with Gasteiger partial charge in [-0.05, 0) is 87.5 Å². The first-order valence-corrected chi connectivity index (χ1v) is 11.0. The van der Waals surface area contributed by atoms with E-state index in [0.29, 0.717) is 30.9 Å². The van der Waals surface area contributed by atoms with Gasteiger partial charge in [0.15, 0.2) is 0 Å². The molecule has 0 amide bonds. The Kier molecular flexibility index (Phi) is 4.88. The average Bonchev–Trinajstić information content (AvgIpc) is 3.01. The minimum absolute atomic E-state index is 0.0517. The van der Waals surface area contributed by atoms with Crippen LogP contribution in [0.1, 0.15) is 84.5 Å². The summed E-state index contributed by atoms with van der Waals surface area (Å²) in [6.07, 6.45) is 12.7. The van der Waals surface area contributed by atoms with E-state index in [4.69, 9.17) is 10.6 Å². The first-order valence-electron chi connectivity index (χ1n) is 11.0. The molecular formula is C22H38N2O2. The number of hydrogen-bond donors (Lipinski definition) is 2. The molecule has 4 nitrogen and oxygen atoms in total. The minimum atomic E-state index is -0.588. The zero-order chi connectivity index (χ0) is 18.4. The van der Waals surface area contributed by atoms with Crippen LogP contribution in [-0.2, 0) is 4.84 Å². The van der Waals surface area contributed by atoms with Crippen molar-refractivity contribution < 1.29 is 9.94 Å². The number of oxime groups is 1. The SMILES string of the molecule is C[C@@]12CCC[C@H]1[C@@H]1CC[C@@]3(O)CC(=NOCCCN)CC[C@]3(C)[C@H]1CC2. The van der Waals surface area contributed by atoms with Gasteiger partial charge in [0.1, 0.15) is 6.61 Å². The highest BCUT2D eigenvalue weighted by Crippen LogP contribution is 2.66. The first-order chi connectivity index (χ1) is 12.4. The number of fused-ring (bicyclic) bond motifs is 5. The lowest BCUT2D eigenvalue weighted by atomic mass is 9.44. The number of rotatable bonds is 4. The molecule has 0 aromatic carbocycles. The smallest absolute Gasteiger partial charge is 0.118 e. The Morgan fingerprint density at radius 1 is 1.12 bits per heavy atom. The van der Waals surface area contributed by atoms with Gasteiger partial charge in [-0.3, -0.25) is 0 Å². The molecule has 0 spiro atoms. The summed E-state index contributed by atoms with van der Waals surface area (Å²) in [7, 11) is 0. The highest BCUT2D eigenvalue weighted by Gasteiger charge is 2.62. The molecule has 0 bridgehead atoms. The molecule has 0 radical (unpaired) electrons. The Morgan fingerprint density at radius 3 is 2.77 bits per heavy atom. The van der Waals surface area contributed by atoms with Crippen LogP contribution in [0.15, 0.2) is 5.16 Å². The monoisotopic (exact) mass is 362 g/mol. The van der Waals surface area contributed by atoms with Crippen LogP contribution in [0.5, 0.6) is 0 Å². The summed E-state index contributed by atoms with van der Waals surface area (Å²) in [5, 5.41) is 16.1. The largest absolute Gasteiger partial charge is 0.396 e. The molecule has 4 aliphatic rings. The first kappa shape index (κ1) is 18.7. The molecule has 4 fully saturated rings. The lowest BCUT2D eigenvalue weighted by Gasteiger charge is -2.63. The van der Waals surface area contributed by atoms with Crippen molar-refractivity contribution in [3.05, 3.63) is 0 Å². The van der Waals surface area contributed by atoms with Crippen molar-refractivity contribution in [2.45, 2.75) is 90.1 Å². The van der Waals surface area contributed by atoms with Crippen molar-refractivity contribution in [2.24, 2.45) is 39.5 Å². The van der Waals surface area contributed by atoms with Crippen molar-refractivity contribution in [1.29, 1.82) is 0 Å². The molecule has 4 rings (SSSR count). The van der Waals surface area contributed by atoms with Crippen molar-refractivity contribution in [2.75, 3.05) is 13.2 Å². The van der Waals surface area contributed by atoms with Crippen LogP contribution in [0, 0.1) is 28.6 Å². The zero-order valence-corrected chi connectivity index (χ0v) is 16.8. The van der Waals surface area contributed by atoms with Crippen LogP contribution < -0.4 is 5.73 Å². The fourth-order valence-corrected chi connectivity index (χ4v) is 7.41. The van der Waals surface area contributed by atoms with E-state index in [-0.39, 0.29) is 5.41 Å². The van der Waals surface area contributed by atoms with Crippen LogP contribution in [0.2, 0.25) is 0 Å². The molecule has 0 unspecified atom stereocenters. The Balaban J connectivity index is 1.51. The van der Waals surface area contributed by atoms with Gasteiger partial charge in [0.05, 0.1) is 11.3 Å². The van der Waals surface area contributed by atoms with Crippen LogP contribution in [0.4, 0.5) is 0 Å². The van der Waals surface area contributed by atoms with E-state index in [1.165, 1.54) is 38.5 Å². The van der Waals surface area contributed by atoms with E-state index in [1.54, 1.807) is 0 Å². The molecule has 0 saturated heterocycles. The Morgan fingerprint density at radius 2 is 1.96 bits per heavy atom. The second-order valence-corrected chi connectivity index (χ2v) is 10.3. The maximum atomic E-state index is 11.7. The second kappa shape index (κ2) is 6.77. The third-order valence-electron chi connectivity index (χ3n) is 9.05. The van der Waals surface area contributed by atoms with Crippen LogP contribution in [0.3, 0.4) is 0 Å². The molecule has 0 heterocycles. The van der Waals surface area contributed by atoms with Crippen molar-refractivity contribution in [3.8, 4) is 0 Å². The molecular weight excluding hydrogens is 324 g/mol. The third-order valence-corrected chi connectivity index (χ3v) is 9.05. The predicted octanol–water partition coefficient (Wildman–Crippen LogP) is 4.26. The van der Waals surface area contributed by atoms with Gasteiger partial charge in [-0.15, -0.1) is 0 Å². The lowest BCUT2D eigenvalue weighted by molar-refractivity contribution is -0.188. The summed E-state index contributed by atoms with van der Waals surface area (Å²) in [6, 6.07) is 0. The quantitative estimate of drug-likeness (QED) is 0.580. The van der Waals surface area contributed by atoms with Crippen LogP contribution >= 0.6 is 0 Å². The van der Waals surface area contributed by atoms with E-state index in [0.717, 1.165) is 43.2 Å². The van der Waals surface area contributed by atoms with Crippen LogP contribution in [0.25, 0.3) is 0 Å². The van der Waals surface area contributed by atoms with Gasteiger partial charge >= 0.3 is 0 Å². The maximum Gasteiger partial charge on any atom is 0.118 e. The lowest BCUT2D eigenvalue weighted by Crippen LogP contribution is -2.62. The Labute approximate surface area is 158 Å². The zero-order valence-electron chi connectivity index (χ0n) is 16.8. The molecule has 26 heavy (non-hydrogen) atoms. The predicted molar refractivity (Wildman–Crippen MR) is 105 cm³/mol. The van der Waals surface area contributed by atoms with Crippen molar-refractivity contribution in [1.82, 2.24) is 0 Å². The van der Waals surface area contributed by atoms with Gasteiger partial charge in [0.2, 0.25) is 0 Å². The molecule has 3 N–H and O–H groups in total. The van der Waals surface area contributed by atoms with Gasteiger partial charge in [0.25, 0.3) is 0 Å². The number of nitrogens with two attached hydrogens (primary N) is 1. The number of hydrogen-bond acceptors (Lipinski definition) is 4. The van der Waals surface area contributed by atoms with Crippen LogP contribution in [-0.4, -0.2) is 29.6 Å². The summed E-state index contributed by atoms with van der Waals surface area (Å²) in [6.45, 7) is 6.17. The normalized spacial score (nSPS) is 49.4. The third kappa shape index (κ3) is 2.83. The highest BCUT2D eigenvalue weighted by molar-refractivity contribution is 5.86. The summed E-state index contributed by atoms with van der Waals surface area (Å²) in [5.41, 5.74) is 6.62. The Bertz CT molecular complexity index is 564. The Hall–Kier alpha value is -0.610. The molecule has 4 saturated carbocycles. The van der Waals surface area contributed by atoms with E-state index in [9.17, 15) is 5.11 Å². The van der Waals surface area contributed by atoms with E-state index in [1.807, 2.05) is 0 Å². The van der Waals surface area contributed by atoms with Gasteiger partial charge in [-0.2, -0.15) is 0 Å². The highest BCUT2D eigenvalue weighted by atomic mass is 16.6. The molecule has 4 heteroatoms. The van der Waals surface area contributed by atoms with E-state index < -0.39 is 5.60 Å². The molecule has 0 aromatic heterocycles. The fraction of sp³-hybridized carbons (Fsp3) is 0.955. The van der Waals surface area contributed by atoms with Crippen molar-refractivity contribution >= 4 is 5.71 Å². The fourth-order valence-electron chi connectivity index (χ4n) is 7.41. The van der Waals surface area contributed by atoms with E-state index in [2.05, 4.69) is 19.0 Å². The number of nitrogens with zero attached hydrogens (tertiary/aromatic N) is 1. The summed E-state index contributed by atoms with van der Waals surface area (Å²) in [4.78, 5) is 5.44. The molecule has 4 aliphatic carbocycles. The van der Waals surface area contributed by atoms with Gasteiger partial charge in [-0.1, -0.05) is 25.4 Å². The molecule has 0 aliphatic heterocycles. The average molecular weight is 363 g/mol.